The van der Waals surface area contributed by atoms with E-state index in [1.807, 2.05) is 17.0 Å². The fourth-order valence-corrected chi connectivity index (χ4v) is 2.96. The summed E-state index contributed by atoms with van der Waals surface area (Å²) in [7, 11) is 3.24. The molecular weight excluding hydrogens is 300 g/mol. The topological polar surface area (TPSA) is 54.0 Å². The molecule has 5 nitrogen and oxygen atoms in total. The zero-order chi connectivity index (χ0) is 16.1. The number of β-amino-alcohol motifs (C(OH)–C–C–N with tert-alkyl or cyclic N) is 1. The minimum absolute atomic E-state index is 0.453. The van der Waals surface area contributed by atoms with Gasteiger partial charge in [-0.25, -0.2) is 0 Å². The molecule has 0 saturated carbocycles. The summed E-state index contributed by atoms with van der Waals surface area (Å²) in [4.78, 5) is 1.97. The lowest BCUT2D eigenvalue weighted by Gasteiger charge is -2.35. The number of hydrogen-bond acceptors (Lipinski definition) is 4. The van der Waals surface area contributed by atoms with Gasteiger partial charge in [-0.2, -0.15) is 0 Å². The summed E-state index contributed by atoms with van der Waals surface area (Å²) < 4.78 is 10.8. The lowest BCUT2D eigenvalue weighted by molar-refractivity contribution is 0.122. The molecule has 1 aromatic carbocycles. The van der Waals surface area contributed by atoms with Gasteiger partial charge in [0.05, 0.1) is 20.8 Å². The summed E-state index contributed by atoms with van der Waals surface area (Å²) in [6.45, 7) is 4.05. The second-order valence-electron chi connectivity index (χ2n) is 5.34. The van der Waals surface area contributed by atoms with E-state index in [4.69, 9.17) is 21.7 Å². The average molecular weight is 324 g/mol. The van der Waals surface area contributed by atoms with Gasteiger partial charge in [0, 0.05) is 24.2 Å². The molecule has 1 atom stereocenters. The van der Waals surface area contributed by atoms with Crippen molar-refractivity contribution in [1.82, 2.24) is 10.2 Å². The van der Waals surface area contributed by atoms with Gasteiger partial charge in [0.25, 0.3) is 0 Å². The highest BCUT2D eigenvalue weighted by atomic mass is 32.1. The molecule has 0 radical (unpaired) electrons. The molecular formula is C16H24N2O3S. The van der Waals surface area contributed by atoms with Crippen LogP contribution in [0.4, 0.5) is 0 Å². The number of nitrogens with zero attached hydrogens (tertiary/aromatic N) is 1. The van der Waals surface area contributed by atoms with E-state index in [0.717, 1.165) is 36.3 Å². The zero-order valence-electron chi connectivity index (χ0n) is 13.4. The molecule has 122 valence electrons. The number of rotatable bonds is 5. The van der Waals surface area contributed by atoms with E-state index in [-0.39, 0.29) is 0 Å². The minimum atomic E-state index is -0.653. The van der Waals surface area contributed by atoms with Gasteiger partial charge in [-0.15, -0.1) is 0 Å². The molecule has 0 saturated heterocycles. The molecule has 1 aromatic rings. The van der Waals surface area contributed by atoms with Crippen molar-refractivity contribution in [2.75, 3.05) is 27.3 Å². The molecule has 0 bridgehead atoms. The number of nitrogens with one attached hydrogen (secondary N) is 1. The summed E-state index contributed by atoms with van der Waals surface area (Å²) in [5, 5.41) is 14.4. The van der Waals surface area contributed by atoms with Crippen LogP contribution >= 0.6 is 12.2 Å². The van der Waals surface area contributed by atoms with Crippen LogP contribution in [0.15, 0.2) is 12.1 Å². The molecule has 22 heavy (non-hydrogen) atoms. The largest absolute Gasteiger partial charge is 0.496 e. The average Bonchev–Trinajstić information content (AvgIpc) is 2.53. The van der Waals surface area contributed by atoms with E-state index in [1.165, 1.54) is 0 Å². The summed E-state index contributed by atoms with van der Waals surface area (Å²) in [6, 6.07) is 3.69. The Morgan fingerprint density at radius 1 is 1.36 bits per heavy atom. The summed E-state index contributed by atoms with van der Waals surface area (Å²) >= 11 is 5.44. The summed E-state index contributed by atoms with van der Waals surface area (Å²) in [5.74, 6) is 1.43. The smallest absolute Gasteiger partial charge is 0.169 e. The molecule has 1 aliphatic rings. The molecule has 0 unspecified atom stereocenters. The van der Waals surface area contributed by atoms with Crippen molar-refractivity contribution in [2.24, 2.45) is 0 Å². The summed E-state index contributed by atoms with van der Waals surface area (Å²) in [6.07, 6.45) is 1.54. The lowest BCUT2D eigenvalue weighted by atomic mass is 9.95. The molecule has 2 N–H and O–H groups in total. The second-order valence-corrected chi connectivity index (χ2v) is 5.73. The van der Waals surface area contributed by atoms with E-state index >= 15 is 0 Å². The van der Waals surface area contributed by atoms with Crippen LogP contribution in [0.5, 0.6) is 11.5 Å². The Hall–Kier alpha value is -1.53. The van der Waals surface area contributed by atoms with Gasteiger partial charge in [-0.1, -0.05) is 13.3 Å². The highest BCUT2D eigenvalue weighted by molar-refractivity contribution is 7.80. The first-order valence-corrected chi connectivity index (χ1v) is 7.97. The van der Waals surface area contributed by atoms with E-state index < -0.39 is 6.10 Å². The predicted molar refractivity (Wildman–Crippen MR) is 90.4 cm³/mol. The maximum Gasteiger partial charge on any atom is 0.169 e. The van der Waals surface area contributed by atoms with Crippen LogP contribution in [0.1, 0.15) is 37.0 Å². The third-order valence-corrected chi connectivity index (χ3v) is 4.29. The van der Waals surface area contributed by atoms with Crippen LogP contribution in [-0.4, -0.2) is 42.4 Å². The number of aliphatic hydroxyl groups excluding tert-OH is 1. The van der Waals surface area contributed by atoms with Crippen LogP contribution in [0.2, 0.25) is 0 Å². The van der Waals surface area contributed by atoms with E-state index in [0.29, 0.717) is 24.0 Å². The normalized spacial score (nSPS) is 16.9. The molecule has 1 heterocycles. The molecule has 6 heteroatoms. The van der Waals surface area contributed by atoms with Crippen LogP contribution < -0.4 is 14.8 Å². The Bertz CT molecular complexity index is 536. The van der Waals surface area contributed by atoms with Crippen LogP contribution in [0.3, 0.4) is 0 Å². The highest BCUT2D eigenvalue weighted by Crippen LogP contribution is 2.39. The molecule has 1 aliphatic heterocycles. The Morgan fingerprint density at radius 3 is 2.68 bits per heavy atom. The summed E-state index contributed by atoms with van der Waals surface area (Å²) in [5.41, 5.74) is 1.73. The molecule has 0 aliphatic carbocycles. The maximum atomic E-state index is 10.5. The Kier molecular flexibility index (Phi) is 5.85. The standard InChI is InChI=1S/C16H24N2O3S/c1-4-5-8-17-16(22)18-9-11-13(20-2)6-7-14(21-3)15(11)12(19)10-18/h6-7,12,19H,4-5,8-10H2,1-3H3,(H,17,22)/t12-/m0/s1. The van der Waals surface area contributed by atoms with Crippen molar-refractivity contribution in [2.45, 2.75) is 32.4 Å². The van der Waals surface area contributed by atoms with Gasteiger partial charge in [0.15, 0.2) is 5.11 Å². The Balaban J connectivity index is 2.23. The van der Waals surface area contributed by atoms with Gasteiger partial charge < -0.3 is 24.8 Å². The van der Waals surface area contributed by atoms with E-state index in [9.17, 15) is 5.11 Å². The van der Waals surface area contributed by atoms with Crippen molar-refractivity contribution >= 4 is 17.3 Å². The number of ether oxygens (including phenoxy) is 2. The number of thiocarbonyl (C=S) groups is 1. The van der Waals surface area contributed by atoms with Crippen molar-refractivity contribution in [3.63, 3.8) is 0 Å². The van der Waals surface area contributed by atoms with Gasteiger partial charge in [0.2, 0.25) is 0 Å². The highest BCUT2D eigenvalue weighted by Gasteiger charge is 2.30. The molecule has 2 rings (SSSR count). The van der Waals surface area contributed by atoms with Crippen LogP contribution in [0, 0.1) is 0 Å². The fraction of sp³-hybridized carbons (Fsp3) is 0.562. The molecule has 0 spiro atoms. The number of benzene rings is 1. The van der Waals surface area contributed by atoms with E-state index in [1.54, 1.807) is 14.2 Å². The number of aliphatic hydroxyl groups is 1. The first-order valence-electron chi connectivity index (χ1n) is 7.56. The number of methoxy groups -OCH3 is 2. The van der Waals surface area contributed by atoms with Crippen LogP contribution in [0.25, 0.3) is 0 Å². The quantitative estimate of drug-likeness (QED) is 0.640. The Labute approximate surface area is 137 Å². The fourth-order valence-electron chi connectivity index (χ4n) is 2.71. The van der Waals surface area contributed by atoms with Crippen molar-refractivity contribution in [3.8, 4) is 11.5 Å². The SMILES string of the molecule is CCCCNC(=S)N1Cc2c(OC)ccc(OC)c2[C@@H](O)C1. The maximum absolute atomic E-state index is 10.5. The monoisotopic (exact) mass is 324 g/mol. The number of hydrogen-bond donors (Lipinski definition) is 2. The first-order chi connectivity index (χ1) is 10.6. The first kappa shape index (κ1) is 16.8. The zero-order valence-corrected chi connectivity index (χ0v) is 14.2. The van der Waals surface area contributed by atoms with Gasteiger partial charge in [0.1, 0.15) is 17.6 Å². The van der Waals surface area contributed by atoms with Crippen molar-refractivity contribution in [3.05, 3.63) is 23.3 Å². The number of unbranched alkanes of at least 4 members (excludes halogenated alkanes) is 1. The predicted octanol–water partition coefficient (Wildman–Crippen LogP) is 2.23. The van der Waals surface area contributed by atoms with Crippen LogP contribution in [-0.2, 0) is 6.54 Å². The van der Waals surface area contributed by atoms with Gasteiger partial charge >= 0.3 is 0 Å². The molecule has 0 fully saturated rings. The van der Waals surface area contributed by atoms with Crippen molar-refractivity contribution < 1.29 is 14.6 Å². The third-order valence-electron chi connectivity index (χ3n) is 3.88. The van der Waals surface area contributed by atoms with Gasteiger partial charge in [-0.3, -0.25) is 0 Å². The van der Waals surface area contributed by atoms with E-state index in [2.05, 4.69) is 12.2 Å². The Morgan fingerprint density at radius 2 is 2.05 bits per heavy atom. The lowest BCUT2D eigenvalue weighted by Crippen LogP contribution is -2.44. The minimum Gasteiger partial charge on any atom is -0.496 e. The number of fused-ring (bicyclic) bond motifs is 1. The molecule has 0 aromatic heterocycles. The second kappa shape index (κ2) is 7.65. The molecule has 0 amide bonds. The van der Waals surface area contributed by atoms with Crippen molar-refractivity contribution in [1.29, 1.82) is 0 Å². The third kappa shape index (κ3) is 3.44. The van der Waals surface area contributed by atoms with Gasteiger partial charge in [-0.05, 0) is 30.8 Å².